The van der Waals surface area contributed by atoms with Gasteiger partial charge in [-0.05, 0) is 6.58 Å². The molecule has 0 aromatic heterocycles. The Morgan fingerprint density at radius 2 is 1.67 bits per heavy atom. The largest absolute Gasteiger partial charge is 0.507 e. The summed E-state index contributed by atoms with van der Waals surface area (Å²) in [6.45, 7) is 2.68. The Morgan fingerprint density at radius 1 is 1.44 bits per heavy atom. The molecule has 0 heterocycles. The zero-order valence-corrected chi connectivity index (χ0v) is 5.34. The van der Waals surface area contributed by atoms with E-state index in [0.717, 1.165) is 0 Å². The molecular formula is C5H8O4. The molecule has 0 rings (SSSR count). The molecule has 0 bridgehead atoms. The van der Waals surface area contributed by atoms with Crippen molar-refractivity contribution in [3.05, 3.63) is 6.58 Å². The summed E-state index contributed by atoms with van der Waals surface area (Å²) in [4.78, 5) is 18.3. The van der Waals surface area contributed by atoms with Crippen LogP contribution in [0.1, 0.15) is 0 Å². The van der Waals surface area contributed by atoms with E-state index in [4.69, 9.17) is 4.79 Å². The molecule has 4 heteroatoms. The van der Waals surface area contributed by atoms with Gasteiger partial charge in [0, 0.05) is 0 Å². The maximum Gasteiger partial charge on any atom is 0.507 e. The van der Waals surface area contributed by atoms with Crippen LogP contribution in [0.4, 0.5) is 4.79 Å². The average Bonchev–Trinajstić information content (AvgIpc) is 1.88. The van der Waals surface area contributed by atoms with Gasteiger partial charge in [0.15, 0.2) is 0 Å². The summed E-state index contributed by atoms with van der Waals surface area (Å²) < 4.78 is 8.08. The molecule has 0 saturated carbocycles. The van der Waals surface area contributed by atoms with E-state index >= 15 is 0 Å². The first-order valence-electron chi connectivity index (χ1n) is 1.99. The Balaban J connectivity index is 0. The number of hydrogen-bond acceptors (Lipinski definition) is 4. The van der Waals surface area contributed by atoms with Crippen molar-refractivity contribution in [3.8, 4) is 0 Å². The zero-order chi connectivity index (χ0) is 7.70. The van der Waals surface area contributed by atoms with Crippen molar-refractivity contribution < 1.29 is 19.1 Å². The topological polar surface area (TPSA) is 52.6 Å². The number of methoxy groups -OCH3 is 2. The Kier molecular flexibility index (Phi) is 11.7. The highest BCUT2D eigenvalue weighted by Crippen LogP contribution is 1.72. The van der Waals surface area contributed by atoms with Crippen molar-refractivity contribution in [3.63, 3.8) is 0 Å². The van der Waals surface area contributed by atoms with Crippen LogP contribution in [0.15, 0.2) is 6.58 Å². The number of ether oxygens (including phenoxy) is 2. The lowest BCUT2D eigenvalue weighted by atomic mass is 11.2. The minimum Gasteiger partial charge on any atom is -0.438 e. The molecule has 0 aromatic carbocycles. The predicted octanol–water partition coefficient (Wildman–Crippen LogP) is 0.403. The molecule has 0 aliphatic rings. The lowest BCUT2D eigenvalue weighted by molar-refractivity contribution is 0.0924. The van der Waals surface area contributed by atoms with Gasteiger partial charge in [0.05, 0.1) is 14.2 Å². The fourth-order valence-corrected chi connectivity index (χ4v) is 0.0833. The maximum absolute atomic E-state index is 9.74. The van der Waals surface area contributed by atoms with E-state index in [1.165, 1.54) is 20.2 Å². The third kappa shape index (κ3) is 20.2. The molecule has 0 aliphatic heterocycles. The minimum atomic E-state index is -0.657. The van der Waals surface area contributed by atoms with E-state index in [9.17, 15) is 4.79 Å². The molecule has 0 fully saturated rings. The fourth-order valence-electron chi connectivity index (χ4n) is 0.0833. The van der Waals surface area contributed by atoms with E-state index in [2.05, 4.69) is 16.1 Å². The third-order valence-corrected chi connectivity index (χ3v) is 0.333. The number of carbonyl (C=O) groups is 1. The molecule has 4 nitrogen and oxygen atoms in total. The van der Waals surface area contributed by atoms with Crippen LogP contribution in [-0.4, -0.2) is 26.3 Å². The first-order valence-corrected chi connectivity index (χ1v) is 1.99. The lowest BCUT2D eigenvalue weighted by Gasteiger charge is -1.89. The van der Waals surface area contributed by atoms with Gasteiger partial charge in [-0.25, -0.2) is 9.59 Å². The van der Waals surface area contributed by atoms with E-state index in [-0.39, 0.29) is 0 Å². The zero-order valence-electron chi connectivity index (χ0n) is 5.34. The van der Waals surface area contributed by atoms with Crippen LogP contribution in [0.5, 0.6) is 0 Å². The van der Waals surface area contributed by atoms with Gasteiger partial charge in [-0.2, -0.15) is 0 Å². The van der Waals surface area contributed by atoms with Gasteiger partial charge in [0.1, 0.15) is 5.94 Å². The van der Waals surface area contributed by atoms with Crippen LogP contribution in [0.3, 0.4) is 0 Å². The summed E-state index contributed by atoms with van der Waals surface area (Å²) in [6, 6.07) is 0. The van der Waals surface area contributed by atoms with Gasteiger partial charge in [0.2, 0.25) is 0 Å². The van der Waals surface area contributed by atoms with Crippen LogP contribution >= 0.6 is 0 Å². The van der Waals surface area contributed by atoms with Crippen molar-refractivity contribution in [2.45, 2.75) is 0 Å². The van der Waals surface area contributed by atoms with Crippen molar-refractivity contribution in [1.29, 1.82) is 0 Å². The van der Waals surface area contributed by atoms with Gasteiger partial charge < -0.3 is 9.47 Å². The highest BCUT2D eigenvalue weighted by atomic mass is 16.7. The molecule has 9 heavy (non-hydrogen) atoms. The second kappa shape index (κ2) is 9.87. The molecule has 0 saturated heterocycles. The SMILES string of the molecule is C=C=O.COC(=O)OC. The maximum atomic E-state index is 9.74. The highest BCUT2D eigenvalue weighted by molar-refractivity contribution is 5.59. The molecule has 0 unspecified atom stereocenters. The summed E-state index contributed by atoms with van der Waals surface area (Å²) in [5, 5.41) is 0. The Bertz CT molecular complexity index is 95.5. The Morgan fingerprint density at radius 3 is 1.67 bits per heavy atom. The minimum absolute atomic E-state index is 0.657. The van der Waals surface area contributed by atoms with Crippen molar-refractivity contribution >= 4 is 12.1 Å². The van der Waals surface area contributed by atoms with Crippen LogP contribution in [0.2, 0.25) is 0 Å². The van der Waals surface area contributed by atoms with Crippen LogP contribution < -0.4 is 0 Å². The summed E-state index contributed by atoms with van der Waals surface area (Å²) in [6.07, 6.45) is -0.657. The van der Waals surface area contributed by atoms with E-state index in [1.54, 1.807) is 0 Å². The quantitative estimate of drug-likeness (QED) is 0.353. The van der Waals surface area contributed by atoms with Crippen molar-refractivity contribution in [2.75, 3.05) is 14.2 Å². The first kappa shape index (κ1) is 10.7. The summed E-state index contributed by atoms with van der Waals surface area (Å²) in [5.74, 6) is 1.25. The summed E-state index contributed by atoms with van der Waals surface area (Å²) >= 11 is 0. The number of rotatable bonds is 0. The first-order chi connectivity index (χ1) is 4.22. The molecule has 0 atom stereocenters. The highest BCUT2D eigenvalue weighted by Gasteiger charge is 1.88. The van der Waals surface area contributed by atoms with Crippen molar-refractivity contribution in [1.82, 2.24) is 0 Å². The van der Waals surface area contributed by atoms with Gasteiger partial charge in [-0.3, -0.25) is 0 Å². The molecule has 0 aliphatic carbocycles. The molecule has 0 amide bonds. The molecule has 0 aromatic rings. The molecule has 52 valence electrons. The fraction of sp³-hybridized carbons (Fsp3) is 0.400. The monoisotopic (exact) mass is 132 g/mol. The Hall–Kier alpha value is -1.28. The lowest BCUT2D eigenvalue weighted by Crippen LogP contribution is -1.97. The van der Waals surface area contributed by atoms with Crippen LogP contribution in [-0.2, 0) is 14.3 Å². The molecule has 0 spiro atoms. The van der Waals surface area contributed by atoms with E-state index < -0.39 is 6.16 Å². The van der Waals surface area contributed by atoms with Gasteiger partial charge in [-0.1, -0.05) is 0 Å². The van der Waals surface area contributed by atoms with Crippen molar-refractivity contribution in [2.24, 2.45) is 0 Å². The summed E-state index contributed by atoms with van der Waals surface area (Å²) in [5.41, 5.74) is 0. The van der Waals surface area contributed by atoms with Crippen LogP contribution in [0, 0.1) is 0 Å². The van der Waals surface area contributed by atoms with E-state index in [0.29, 0.717) is 0 Å². The van der Waals surface area contributed by atoms with Crippen LogP contribution in [0.25, 0.3) is 0 Å². The standard InChI is InChI=1S/C3H6O3.C2H2O/c1-5-3(4)6-2;1-2-3/h1-2H3;1H2. The van der Waals surface area contributed by atoms with Gasteiger partial charge in [-0.15, -0.1) is 0 Å². The number of carbonyl (C=O) groups excluding carboxylic acids is 2. The average molecular weight is 132 g/mol. The van der Waals surface area contributed by atoms with E-state index in [1.807, 2.05) is 0 Å². The number of hydrogen-bond donors (Lipinski definition) is 0. The Labute approximate surface area is 53.1 Å². The normalized spacial score (nSPS) is 5.56. The molecule has 0 radical (unpaired) electrons. The second-order valence-electron chi connectivity index (χ2n) is 0.803. The smallest absolute Gasteiger partial charge is 0.438 e. The molecular weight excluding hydrogens is 124 g/mol. The van der Waals surface area contributed by atoms with Gasteiger partial charge in [0.25, 0.3) is 0 Å². The predicted molar refractivity (Wildman–Crippen MR) is 30.7 cm³/mol. The second-order valence-corrected chi connectivity index (χ2v) is 0.803. The van der Waals surface area contributed by atoms with Gasteiger partial charge >= 0.3 is 6.16 Å². The summed E-state index contributed by atoms with van der Waals surface area (Å²) in [7, 11) is 2.51. The third-order valence-electron chi connectivity index (χ3n) is 0.333. The molecule has 0 N–H and O–H groups in total.